The van der Waals surface area contributed by atoms with Crippen molar-refractivity contribution < 1.29 is 9.53 Å². The smallest absolute Gasteiger partial charge is 0.258 e. The van der Waals surface area contributed by atoms with E-state index in [2.05, 4.69) is 15.3 Å². The number of aromatic amines is 1. The Kier molecular flexibility index (Phi) is 5.16. The number of aromatic nitrogens is 2. The topological polar surface area (TPSA) is 67.0 Å². The van der Waals surface area contributed by atoms with E-state index < -0.39 is 0 Å². The van der Waals surface area contributed by atoms with Gasteiger partial charge in [0.25, 0.3) is 5.91 Å². The molecule has 3 aromatic rings. The molecule has 0 aliphatic carbocycles. The molecule has 7 heteroatoms. The highest BCUT2D eigenvalue weighted by Gasteiger charge is 2.14. The SMILES string of the molecule is Cc1ccc2nc(C(C)NC(=O)COc3ccc(Cl)cc3Cl)[nH]c2c1. The second kappa shape index (κ2) is 7.33. The molecule has 2 N–H and O–H groups in total. The van der Waals surface area contributed by atoms with Crippen LogP contribution in [0.25, 0.3) is 11.0 Å². The van der Waals surface area contributed by atoms with E-state index in [0.29, 0.717) is 21.6 Å². The maximum atomic E-state index is 12.1. The maximum Gasteiger partial charge on any atom is 0.258 e. The molecule has 5 nitrogen and oxygen atoms in total. The van der Waals surface area contributed by atoms with E-state index in [4.69, 9.17) is 27.9 Å². The van der Waals surface area contributed by atoms with Crippen molar-refractivity contribution in [2.24, 2.45) is 0 Å². The molecule has 1 heterocycles. The number of benzene rings is 2. The second-order valence-corrected chi connectivity index (χ2v) is 6.64. The third kappa shape index (κ3) is 4.24. The molecule has 0 saturated heterocycles. The number of hydrogen-bond donors (Lipinski definition) is 2. The minimum absolute atomic E-state index is 0.148. The van der Waals surface area contributed by atoms with Crippen LogP contribution in [0, 0.1) is 6.92 Å². The van der Waals surface area contributed by atoms with E-state index >= 15 is 0 Å². The van der Waals surface area contributed by atoms with Gasteiger partial charge in [-0.3, -0.25) is 4.79 Å². The molecule has 1 atom stereocenters. The summed E-state index contributed by atoms with van der Waals surface area (Å²) >= 11 is 11.8. The van der Waals surface area contributed by atoms with E-state index in [1.165, 1.54) is 0 Å². The number of aryl methyl sites for hydroxylation is 1. The van der Waals surface area contributed by atoms with Crippen molar-refractivity contribution in [1.82, 2.24) is 15.3 Å². The molecule has 3 rings (SSSR count). The molecule has 130 valence electrons. The zero-order chi connectivity index (χ0) is 18.0. The summed E-state index contributed by atoms with van der Waals surface area (Å²) in [5.74, 6) is 0.835. The maximum absolute atomic E-state index is 12.1. The van der Waals surface area contributed by atoms with Gasteiger partial charge in [0.15, 0.2) is 6.61 Å². The first kappa shape index (κ1) is 17.6. The molecule has 0 fully saturated rings. The number of ether oxygens (including phenoxy) is 1. The number of fused-ring (bicyclic) bond motifs is 1. The fourth-order valence-corrected chi connectivity index (χ4v) is 2.90. The van der Waals surface area contributed by atoms with E-state index in [1.807, 2.05) is 32.0 Å². The Morgan fingerprint density at radius 2 is 2.08 bits per heavy atom. The number of hydrogen-bond acceptors (Lipinski definition) is 3. The molecule has 0 radical (unpaired) electrons. The molecule has 1 amide bonds. The fraction of sp³-hybridized carbons (Fsp3) is 0.222. The largest absolute Gasteiger partial charge is 0.482 e. The van der Waals surface area contributed by atoms with Gasteiger partial charge in [-0.1, -0.05) is 29.3 Å². The van der Waals surface area contributed by atoms with Crippen LogP contribution in [0.4, 0.5) is 0 Å². The van der Waals surface area contributed by atoms with Crippen molar-refractivity contribution in [2.45, 2.75) is 19.9 Å². The lowest BCUT2D eigenvalue weighted by Gasteiger charge is -2.12. The lowest BCUT2D eigenvalue weighted by Crippen LogP contribution is -2.31. The average Bonchev–Trinajstić information content (AvgIpc) is 2.97. The Morgan fingerprint density at radius 1 is 1.28 bits per heavy atom. The Morgan fingerprint density at radius 3 is 2.84 bits per heavy atom. The highest BCUT2D eigenvalue weighted by molar-refractivity contribution is 6.35. The summed E-state index contributed by atoms with van der Waals surface area (Å²) < 4.78 is 5.43. The lowest BCUT2D eigenvalue weighted by molar-refractivity contribution is -0.123. The first-order chi connectivity index (χ1) is 11.9. The minimum atomic E-state index is -0.274. The molecule has 25 heavy (non-hydrogen) atoms. The molecule has 0 saturated carbocycles. The number of nitrogens with zero attached hydrogens (tertiary/aromatic N) is 1. The number of nitrogens with one attached hydrogen (secondary N) is 2. The molecule has 1 unspecified atom stereocenters. The zero-order valence-electron chi connectivity index (χ0n) is 13.8. The van der Waals surface area contributed by atoms with Crippen molar-refractivity contribution in [3.63, 3.8) is 0 Å². The number of carbonyl (C=O) groups excluding carboxylic acids is 1. The standard InChI is InChI=1S/C18H17Cl2N3O2/c1-10-3-5-14-15(7-10)23-18(22-14)11(2)21-17(24)9-25-16-6-4-12(19)8-13(16)20/h3-8,11H,9H2,1-2H3,(H,21,24)(H,22,23). The van der Waals surface area contributed by atoms with E-state index in [1.54, 1.807) is 18.2 Å². The summed E-state index contributed by atoms with van der Waals surface area (Å²) in [5, 5.41) is 3.72. The molecular formula is C18H17Cl2N3O2. The van der Waals surface area contributed by atoms with Crippen LogP contribution in [0.2, 0.25) is 10.0 Å². The highest BCUT2D eigenvalue weighted by atomic mass is 35.5. The van der Waals surface area contributed by atoms with E-state index in [-0.39, 0.29) is 18.6 Å². The van der Waals surface area contributed by atoms with Gasteiger partial charge in [-0.25, -0.2) is 4.98 Å². The van der Waals surface area contributed by atoms with Crippen molar-refractivity contribution in [1.29, 1.82) is 0 Å². The molecular weight excluding hydrogens is 361 g/mol. The van der Waals surface area contributed by atoms with Gasteiger partial charge < -0.3 is 15.0 Å². The predicted octanol–water partition coefficient (Wildman–Crippen LogP) is 4.43. The van der Waals surface area contributed by atoms with Crippen molar-refractivity contribution in [2.75, 3.05) is 6.61 Å². The number of carbonyl (C=O) groups is 1. The van der Waals surface area contributed by atoms with Gasteiger partial charge >= 0.3 is 0 Å². The predicted molar refractivity (Wildman–Crippen MR) is 99.3 cm³/mol. The number of amides is 1. The van der Waals surface area contributed by atoms with Gasteiger partial charge in [-0.15, -0.1) is 0 Å². The molecule has 0 aliphatic heterocycles. The van der Waals surface area contributed by atoms with Crippen LogP contribution in [-0.4, -0.2) is 22.5 Å². The first-order valence-electron chi connectivity index (χ1n) is 7.76. The van der Waals surface area contributed by atoms with Crippen LogP contribution in [0.1, 0.15) is 24.4 Å². The quantitative estimate of drug-likeness (QED) is 0.690. The highest BCUT2D eigenvalue weighted by Crippen LogP contribution is 2.27. The van der Waals surface area contributed by atoms with Gasteiger partial charge in [0, 0.05) is 5.02 Å². The Bertz CT molecular complexity index is 924. The normalized spacial score (nSPS) is 12.2. The molecule has 0 spiro atoms. The van der Waals surface area contributed by atoms with Crippen LogP contribution >= 0.6 is 23.2 Å². The molecule has 2 aromatic carbocycles. The minimum Gasteiger partial charge on any atom is -0.482 e. The van der Waals surface area contributed by atoms with Crippen LogP contribution in [0.15, 0.2) is 36.4 Å². The first-order valence-corrected chi connectivity index (χ1v) is 8.51. The Balaban J connectivity index is 1.61. The number of rotatable bonds is 5. The fourth-order valence-electron chi connectivity index (χ4n) is 2.44. The van der Waals surface area contributed by atoms with Gasteiger partial charge in [-0.2, -0.15) is 0 Å². The monoisotopic (exact) mass is 377 g/mol. The lowest BCUT2D eigenvalue weighted by atomic mass is 10.2. The van der Waals surface area contributed by atoms with Crippen molar-refractivity contribution in [3.8, 4) is 5.75 Å². The molecule has 1 aromatic heterocycles. The average molecular weight is 378 g/mol. The van der Waals surface area contributed by atoms with Crippen LogP contribution in [-0.2, 0) is 4.79 Å². The third-order valence-corrected chi connectivity index (χ3v) is 4.23. The zero-order valence-corrected chi connectivity index (χ0v) is 15.3. The number of halogens is 2. The van der Waals surface area contributed by atoms with E-state index in [9.17, 15) is 4.79 Å². The molecule has 0 aliphatic rings. The van der Waals surface area contributed by atoms with Gasteiger partial charge in [0.1, 0.15) is 11.6 Å². The number of H-pyrrole nitrogens is 1. The van der Waals surface area contributed by atoms with Crippen molar-refractivity contribution in [3.05, 3.63) is 57.8 Å². The van der Waals surface area contributed by atoms with Crippen LogP contribution < -0.4 is 10.1 Å². The summed E-state index contributed by atoms with van der Waals surface area (Å²) in [6.07, 6.45) is 0. The Hall–Kier alpha value is -2.24. The van der Waals surface area contributed by atoms with Gasteiger partial charge in [0.2, 0.25) is 0 Å². The van der Waals surface area contributed by atoms with Gasteiger partial charge in [0.05, 0.1) is 22.1 Å². The molecule has 0 bridgehead atoms. The Labute approximate surface area is 155 Å². The number of imidazole rings is 1. The summed E-state index contributed by atoms with van der Waals surface area (Å²) in [5.41, 5.74) is 2.96. The summed E-state index contributed by atoms with van der Waals surface area (Å²) in [4.78, 5) is 19.8. The third-order valence-electron chi connectivity index (χ3n) is 3.70. The van der Waals surface area contributed by atoms with E-state index in [0.717, 1.165) is 16.6 Å². The van der Waals surface area contributed by atoms with Gasteiger partial charge in [-0.05, 0) is 49.7 Å². The second-order valence-electron chi connectivity index (χ2n) is 5.80. The summed E-state index contributed by atoms with van der Waals surface area (Å²) in [7, 11) is 0. The van der Waals surface area contributed by atoms with Crippen molar-refractivity contribution >= 4 is 40.1 Å². The van der Waals surface area contributed by atoms with Crippen LogP contribution in [0.3, 0.4) is 0 Å². The summed E-state index contributed by atoms with van der Waals surface area (Å²) in [6.45, 7) is 3.73. The van der Waals surface area contributed by atoms with Crippen LogP contribution in [0.5, 0.6) is 5.75 Å². The summed E-state index contributed by atoms with van der Waals surface area (Å²) in [6, 6.07) is 10.5.